The zero-order valence-electron chi connectivity index (χ0n) is 29.8. The third-order valence-electron chi connectivity index (χ3n) is 12.0. The van der Waals surface area contributed by atoms with Crippen LogP contribution < -0.4 is 0 Å². The molecule has 0 aliphatic heterocycles. The summed E-state index contributed by atoms with van der Waals surface area (Å²) in [5, 5.41) is 12.9. The Balaban J connectivity index is 1.07. The highest BCUT2D eigenvalue weighted by Gasteiger charge is 2.37. The van der Waals surface area contributed by atoms with Gasteiger partial charge in [-0.2, -0.15) is 0 Å². The first-order valence-electron chi connectivity index (χ1n) is 18.7. The maximum Gasteiger partial charge on any atom is 0.0165 e. The van der Waals surface area contributed by atoms with Crippen molar-refractivity contribution in [1.29, 1.82) is 0 Å². The fraction of sp³-hybridized carbons (Fsp3) is 0.0566. The van der Waals surface area contributed by atoms with E-state index in [1.54, 1.807) is 0 Å². The second kappa shape index (κ2) is 11.2. The van der Waals surface area contributed by atoms with Gasteiger partial charge in [-0.3, -0.25) is 0 Å². The fourth-order valence-corrected chi connectivity index (χ4v) is 9.60. The van der Waals surface area contributed by atoms with E-state index in [-0.39, 0.29) is 5.41 Å². The van der Waals surface area contributed by atoms with Crippen molar-refractivity contribution in [2.24, 2.45) is 0 Å². The molecule has 10 aromatic carbocycles. The van der Waals surface area contributed by atoms with Gasteiger partial charge in [0, 0.05) is 5.41 Å². The standard InChI is InChI=1S/C53H36/c1-53(2)49-32-36(28-29-42(49)47-30-27-34-13-3-6-16-39(34)52(47)53)33-23-25-35(26-24-33)50-43-19-9-11-21-45(43)51(46-22-12-10-20-44(46)50)48-31-37-14-4-5-15-38(37)40-17-7-8-18-41(40)48/h3-32H,1-2H3. The summed E-state index contributed by atoms with van der Waals surface area (Å²) < 4.78 is 0. The fourth-order valence-electron chi connectivity index (χ4n) is 9.60. The highest BCUT2D eigenvalue weighted by Crippen LogP contribution is 2.52. The number of hydrogen-bond acceptors (Lipinski definition) is 0. The van der Waals surface area contributed by atoms with Gasteiger partial charge in [-0.05, 0) is 122 Å². The van der Waals surface area contributed by atoms with Crippen LogP contribution in [0.3, 0.4) is 0 Å². The maximum atomic E-state index is 2.44. The van der Waals surface area contributed by atoms with Crippen LogP contribution in [0.5, 0.6) is 0 Å². The van der Waals surface area contributed by atoms with Gasteiger partial charge in [0.25, 0.3) is 0 Å². The van der Waals surface area contributed by atoms with Crippen molar-refractivity contribution >= 4 is 53.9 Å². The van der Waals surface area contributed by atoms with Crippen LogP contribution in [0.4, 0.5) is 0 Å². The summed E-state index contributed by atoms with van der Waals surface area (Å²) in [6.07, 6.45) is 0. The molecule has 11 rings (SSSR count). The molecule has 0 fully saturated rings. The number of hydrogen-bond donors (Lipinski definition) is 0. The third kappa shape index (κ3) is 4.36. The normalized spacial score (nSPS) is 13.2. The van der Waals surface area contributed by atoms with Gasteiger partial charge < -0.3 is 0 Å². The zero-order chi connectivity index (χ0) is 35.3. The Morgan fingerprint density at radius 3 is 1.47 bits per heavy atom. The van der Waals surface area contributed by atoms with Crippen LogP contribution in [0, 0.1) is 0 Å². The summed E-state index contributed by atoms with van der Waals surface area (Å²) in [5.41, 5.74) is 13.1. The van der Waals surface area contributed by atoms with E-state index in [1.165, 1.54) is 109 Å². The molecule has 1 aliphatic carbocycles. The summed E-state index contributed by atoms with van der Waals surface area (Å²) in [5.74, 6) is 0. The lowest BCUT2D eigenvalue weighted by molar-refractivity contribution is 0.666. The quantitative estimate of drug-likeness (QED) is 0.129. The summed E-state index contributed by atoms with van der Waals surface area (Å²) in [7, 11) is 0. The minimum atomic E-state index is -0.0859. The van der Waals surface area contributed by atoms with Crippen LogP contribution >= 0.6 is 0 Å². The van der Waals surface area contributed by atoms with Gasteiger partial charge in [0.2, 0.25) is 0 Å². The number of rotatable bonds is 3. The molecule has 0 spiro atoms. The van der Waals surface area contributed by atoms with Crippen molar-refractivity contribution in [2.45, 2.75) is 19.3 Å². The Bertz CT molecular complexity index is 3060. The van der Waals surface area contributed by atoms with Crippen molar-refractivity contribution < 1.29 is 0 Å². The van der Waals surface area contributed by atoms with Gasteiger partial charge in [0.15, 0.2) is 0 Å². The Labute approximate surface area is 309 Å². The van der Waals surface area contributed by atoms with Gasteiger partial charge in [0.1, 0.15) is 0 Å². The first kappa shape index (κ1) is 30.2. The molecule has 0 radical (unpaired) electrons. The molecular formula is C53H36. The monoisotopic (exact) mass is 672 g/mol. The molecule has 0 nitrogen and oxygen atoms in total. The van der Waals surface area contributed by atoms with E-state index < -0.39 is 0 Å². The van der Waals surface area contributed by atoms with E-state index >= 15 is 0 Å². The molecule has 10 aromatic rings. The highest BCUT2D eigenvalue weighted by atomic mass is 14.4. The van der Waals surface area contributed by atoms with E-state index in [0.717, 1.165) is 0 Å². The van der Waals surface area contributed by atoms with Crippen LogP contribution in [0.2, 0.25) is 0 Å². The van der Waals surface area contributed by atoms with E-state index in [4.69, 9.17) is 0 Å². The zero-order valence-corrected chi connectivity index (χ0v) is 29.8. The van der Waals surface area contributed by atoms with Crippen molar-refractivity contribution in [3.05, 3.63) is 193 Å². The average molecular weight is 673 g/mol. The topological polar surface area (TPSA) is 0 Å². The lowest BCUT2D eigenvalue weighted by atomic mass is 9.79. The molecule has 0 bridgehead atoms. The molecule has 53 heavy (non-hydrogen) atoms. The van der Waals surface area contributed by atoms with Crippen LogP contribution in [-0.2, 0) is 5.41 Å². The molecule has 0 aromatic heterocycles. The molecule has 0 heterocycles. The molecule has 0 N–H and O–H groups in total. The highest BCUT2D eigenvalue weighted by molar-refractivity contribution is 6.25. The Morgan fingerprint density at radius 1 is 0.302 bits per heavy atom. The van der Waals surface area contributed by atoms with E-state index in [9.17, 15) is 0 Å². The molecule has 0 saturated carbocycles. The van der Waals surface area contributed by atoms with Gasteiger partial charge in [0.05, 0.1) is 0 Å². The van der Waals surface area contributed by atoms with Crippen LogP contribution in [0.25, 0.3) is 98.4 Å². The molecule has 0 atom stereocenters. The summed E-state index contributed by atoms with van der Waals surface area (Å²) in [6.45, 7) is 4.77. The summed E-state index contributed by atoms with van der Waals surface area (Å²) in [6, 6.07) is 67.8. The molecule has 1 aliphatic rings. The van der Waals surface area contributed by atoms with Crippen LogP contribution in [0.15, 0.2) is 182 Å². The summed E-state index contributed by atoms with van der Waals surface area (Å²) >= 11 is 0. The van der Waals surface area contributed by atoms with Crippen molar-refractivity contribution in [2.75, 3.05) is 0 Å². The third-order valence-corrected chi connectivity index (χ3v) is 12.0. The lowest BCUT2D eigenvalue weighted by Crippen LogP contribution is -2.15. The predicted octanol–water partition coefficient (Wildman–Crippen LogP) is 14.8. The second-order valence-electron chi connectivity index (χ2n) is 15.2. The number of fused-ring (bicyclic) bond motifs is 10. The van der Waals surface area contributed by atoms with E-state index in [1.807, 2.05) is 0 Å². The van der Waals surface area contributed by atoms with Gasteiger partial charge in [-0.1, -0.05) is 184 Å². The average Bonchev–Trinajstić information content (AvgIpc) is 3.45. The number of benzene rings is 10. The Hall–Kier alpha value is -6.50. The van der Waals surface area contributed by atoms with Crippen molar-refractivity contribution in [1.82, 2.24) is 0 Å². The molecule has 0 unspecified atom stereocenters. The molecule has 0 amide bonds. The molecular weight excluding hydrogens is 637 g/mol. The van der Waals surface area contributed by atoms with Crippen molar-refractivity contribution in [3.63, 3.8) is 0 Å². The second-order valence-corrected chi connectivity index (χ2v) is 15.2. The van der Waals surface area contributed by atoms with Gasteiger partial charge >= 0.3 is 0 Å². The van der Waals surface area contributed by atoms with Crippen LogP contribution in [0.1, 0.15) is 25.0 Å². The SMILES string of the molecule is CC1(C)c2cc(-c3ccc(-c4c5ccccc5c(-c5cc6ccccc6c6ccccc56)c5ccccc45)cc3)ccc2-c2ccc3ccccc3c21. The smallest absolute Gasteiger partial charge is 0.0165 e. The van der Waals surface area contributed by atoms with Crippen LogP contribution in [-0.4, -0.2) is 0 Å². The van der Waals surface area contributed by atoms with Crippen molar-refractivity contribution in [3.8, 4) is 44.5 Å². The van der Waals surface area contributed by atoms with Gasteiger partial charge in [-0.25, -0.2) is 0 Å². The minimum Gasteiger partial charge on any atom is -0.0616 e. The summed E-state index contributed by atoms with van der Waals surface area (Å²) in [4.78, 5) is 0. The molecule has 0 heteroatoms. The molecule has 248 valence electrons. The van der Waals surface area contributed by atoms with E-state index in [0.29, 0.717) is 0 Å². The first-order chi connectivity index (χ1) is 26.1. The molecule has 0 saturated heterocycles. The minimum absolute atomic E-state index is 0.0859. The maximum absolute atomic E-state index is 2.44. The van der Waals surface area contributed by atoms with Gasteiger partial charge in [-0.15, -0.1) is 0 Å². The lowest BCUT2D eigenvalue weighted by Gasteiger charge is -2.23. The first-order valence-corrected chi connectivity index (χ1v) is 18.7. The Morgan fingerprint density at radius 2 is 0.792 bits per heavy atom. The Kier molecular flexibility index (Phi) is 6.40. The largest absolute Gasteiger partial charge is 0.0616 e. The predicted molar refractivity (Wildman–Crippen MR) is 228 cm³/mol. The van der Waals surface area contributed by atoms with E-state index in [2.05, 4.69) is 196 Å².